The van der Waals surface area contributed by atoms with Crippen LogP contribution in [0.3, 0.4) is 0 Å². The lowest BCUT2D eigenvalue weighted by Gasteiger charge is -2.32. The fraction of sp³-hybridized carbons (Fsp3) is 0.480. The van der Waals surface area contributed by atoms with Gasteiger partial charge in [-0.1, -0.05) is 6.07 Å². The summed E-state index contributed by atoms with van der Waals surface area (Å²) < 4.78 is 53.9. The fourth-order valence-corrected chi connectivity index (χ4v) is 4.95. The van der Waals surface area contributed by atoms with E-state index in [2.05, 4.69) is 0 Å². The van der Waals surface area contributed by atoms with Crippen molar-refractivity contribution in [3.05, 3.63) is 52.6 Å². The molecule has 2 aromatic rings. The Morgan fingerprint density at radius 1 is 1.15 bits per heavy atom. The Balaban J connectivity index is 1.42. The molecular formula is C25H27BF2O6. The zero-order chi connectivity index (χ0) is 24.4. The van der Waals surface area contributed by atoms with Crippen molar-refractivity contribution in [2.24, 2.45) is 0 Å². The van der Waals surface area contributed by atoms with E-state index < -0.39 is 42.0 Å². The molecule has 6 nitrogen and oxygen atoms in total. The Labute approximate surface area is 197 Å². The molecule has 180 valence electrons. The normalized spacial score (nSPS) is 24.0. The van der Waals surface area contributed by atoms with Gasteiger partial charge in [0.15, 0.2) is 0 Å². The standard InChI is InChI=1S/C25H27BF2O6/c1-24(2)25(3,4)34-26(33-24)23-16-7-8-19(22(16)17(27)11-18(23)28)32-14-5-6-15-13(9-21(29)30)12-31-20(15)10-14/h5-6,10-11,13,19H,7-9,12H2,1-4H3,(H,29,30)/t13-,19-/m1/s1. The molecule has 0 aromatic heterocycles. The van der Waals surface area contributed by atoms with E-state index in [1.54, 1.807) is 18.2 Å². The van der Waals surface area contributed by atoms with Gasteiger partial charge in [-0.15, -0.1) is 0 Å². The minimum absolute atomic E-state index is 0.0122. The van der Waals surface area contributed by atoms with Crippen molar-refractivity contribution < 1.29 is 37.5 Å². The molecule has 0 bridgehead atoms. The van der Waals surface area contributed by atoms with E-state index in [0.717, 1.165) is 11.6 Å². The van der Waals surface area contributed by atoms with Crippen LogP contribution in [0, 0.1) is 11.6 Å². The van der Waals surface area contributed by atoms with Crippen LogP contribution in [0.15, 0.2) is 24.3 Å². The molecule has 0 unspecified atom stereocenters. The maximum Gasteiger partial charge on any atom is 0.498 e. The molecule has 0 amide bonds. The number of benzene rings is 2. The molecule has 9 heteroatoms. The number of carboxylic acids is 1. The van der Waals surface area contributed by atoms with E-state index in [9.17, 15) is 13.6 Å². The number of fused-ring (bicyclic) bond motifs is 2. The number of aliphatic carboxylic acids is 1. The van der Waals surface area contributed by atoms with Gasteiger partial charge in [0.05, 0.1) is 24.2 Å². The van der Waals surface area contributed by atoms with Crippen LogP contribution >= 0.6 is 0 Å². The van der Waals surface area contributed by atoms with E-state index in [-0.39, 0.29) is 17.8 Å². The summed E-state index contributed by atoms with van der Waals surface area (Å²) in [5.41, 5.74) is 0.593. The van der Waals surface area contributed by atoms with Gasteiger partial charge < -0.3 is 23.9 Å². The number of carbonyl (C=O) groups is 1. The van der Waals surface area contributed by atoms with Crippen LogP contribution in [0.2, 0.25) is 0 Å². The van der Waals surface area contributed by atoms with Crippen molar-refractivity contribution in [1.29, 1.82) is 0 Å². The van der Waals surface area contributed by atoms with Crippen molar-refractivity contribution in [2.45, 2.75) is 70.2 Å². The van der Waals surface area contributed by atoms with Crippen LogP contribution in [0.1, 0.15) is 69.2 Å². The zero-order valence-corrected chi connectivity index (χ0v) is 19.6. The first kappa shape index (κ1) is 23.1. The number of rotatable bonds is 5. The van der Waals surface area contributed by atoms with Gasteiger partial charge in [-0.2, -0.15) is 0 Å². The Kier molecular flexibility index (Phi) is 5.41. The quantitative estimate of drug-likeness (QED) is 0.655. The molecule has 0 radical (unpaired) electrons. The molecule has 0 saturated carbocycles. The number of hydrogen-bond acceptors (Lipinski definition) is 5. The number of ether oxygens (including phenoxy) is 2. The monoisotopic (exact) mass is 472 g/mol. The van der Waals surface area contributed by atoms with E-state index >= 15 is 0 Å². The fourth-order valence-electron chi connectivity index (χ4n) is 4.95. The third-order valence-electron chi connectivity index (χ3n) is 7.45. The molecule has 2 atom stereocenters. The molecule has 5 rings (SSSR count). The second-order valence-electron chi connectivity index (χ2n) is 10.2. The Morgan fingerprint density at radius 2 is 1.85 bits per heavy atom. The lowest BCUT2D eigenvalue weighted by Crippen LogP contribution is -2.41. The van der Waals surface area contributed by atoms with Gasteiger partial charge in [-0.25, -0.2) is 8.78 Å². The third kappa shape index (κ3) is 3.75. The van der Waals surface area contributed by atoms with Crippen LogP contribution in [-0.2, 0) is 20.5 Å². The van der Waals surface area contributed by atoms with E-state index in [1.165, 1.54) is 0 Å². The number of halogens is 2. The predicted molar refractivity (Wildman–Crippen MR) is 121 cm³/mol. The molecule has 0 spiro atoms. The minimum Gasteiger partial charge on any atom is -0.492 e. The summed E-state index contributed by atoms with van der Waals surface area (Å²) in [6, 6.07) is 6.10. The molecule has 2 aromatic carbocycles. The highest BCUT2D eigenvalue weighted by Crippen LogP contribution is 2.43. The van der Waals surface area contributed by atoms with Crippen molar-refractivity contribution in [3.63, 3.8) is 0 Å². The summed E-state index contributed by atoms with van der Waals surface area (Å²) in [6.45, 7) is 7.84. The van der Waals surface area contributed by atoms with Crippen molar-refractivity contribution in [3.8, 4) is 11.5 Å². The second-order valence-corrected chi connectivity index (χ2v) is 10.2. The lowest BCUT2D eigenvalue weighted by atomic mass is 9.74. The van der Waals surface area contributed by atoms with E-state index in [4.69, 9.17) is 23.9 Å². The smallest absolute Gasteiger partial charge is 0.492 e. The van der Waals surface area contributed by atoms with Gasteiger partial charge >= 0.3 is 13.1 Å². The highest BCUT2D eigenvalue weighted by atomic mass is 19.1. The second kappa shape index (κ2) is 7.95. The van der Waals surface area contributed by atoms with Crippen LogP contribution in [0.5, 0.6) is 11.5 Å². The van der Waals surface area contributed by atoms with Gasteiger partial charge in [0.1, 0.15) is 29.2 Å². The van der Waals surface area contributed by atoms with Crippen LogP contribution < -0.4 is 14.9 Å². The predicted octanol–water partition coefficient (Wildman–Crippen LogP) is 4.28. The molecular weight excluding hydrogens is 445 g/mol. The SMILES string of the molecule is CC1(C)OB(c2c(F)cc(F)c3c2CC[C@H]3Oc2ccc3c(c2)OC[C@H]3CC(=O)O)OC1(C)C. The molecule has 1 N–H and O–H groups in total. The van der Waals surface area contributed by atoms with Crippen molar-refractivity contribution >= 4 is 18.6 Å². The van der Waals surface area contributed by atoms with Gasteiger partial charge in [-0.3, -0.25) is 4.79 Å². The highest BCUT2D eigenvalue weighted by Gasteiger charge is 2.54. The van der Waals surface area contributed by atoms with Crippen LogP contribution in [0.25, 0.3) is 0 Å². The molecule has 1 fully saturated rings. The third-order valence-corrected chi connectivity index (χ3v) is 7.45. The van der Waals surface area contributed by atoms with Crippen molar-refractivity contribution in [2.75, 3.05) is 6.61 Å². The largest absolute Gasteiger partial charge is 0.498 e. The summed E-state index contributed by atoms with van der Waals surface area (Å²) >= 11 is 0. The molecule has 2 aliphatic heterocycles. The van der Waals surface area contributed by atoms with Gasteiger partial charge in [0, 0.05) is 34.6 Å². The molecule has 1 aliphatic carbocycles. The first-order chi connectivity index (χ1) is 16.0. The van der Waals surface area contributed by atoms with Crippen LogP contribution in [0.4, 0.5) is 8.78 Å². The highest BCUT2D eigenvalue weighted by molar-refractivity contribution is 6.62. The summed E-state index contributed by atoms with van der Waals surface area (Å²) in [4.78, 5) is 11.1. The van der Waals surface area contributed by atoms with Gasteiger partial charge in [-0.05, 0) is 52.2 Å². The zero-order valence-electron chi connectivity index (χ0n) is 19.6. The summed E-state index contributed by atoms with van der Waals surface area (Å²) in [5, 5.41) is 9.08. The molecule has 1 saturated heterocycles. The first-order valence-corrected chi connectivity index (χ1v) is 11.5. The van der Waals surface area contributed by atoms with Gasteiger partial charge in [0.25, 0.3) is 0 Å². The average molecular weight is 472 g/mol. The molecule has 3 aliphatic rings. The van der Waals surface area contributed by atoms with E-state index in [0.29, 0.717) is 42.1 Å². The average Bonchev–Trinajstić information content (AvgIpc) is 3.36. The molecule has 34 heavy (non-hydrogen) atoms. The van der Waals surface area contributed by atoms with Gasteiger partial charge in [0.2, 0.25) is 0 Å². The first-order valence-electron chi connectivity index (χ1n) is 11.5. The Hall–Kier alpha value is -2.65. The lowest BCUT2D eigenvalue weighted by molar-refractivity contribution is -0.137. The topological polar surface area (TPSA) is 74.2 Å². The Bertz CT molecular complexity index is 1150. The minimum atomic E-state index is -0.933. The number of carboxylic acid groups (broad SMARTS) is 1. The summed E-state index contributed by atoms with van der Waals surface area (Å²) in [7, 11) is -0.933. The maximum atomic E-state index is 15.0. The summed E-state index contributed by atoms with van der Waals surface area (Å²) in [5.74, 6) is -1.39. The van der Waals surface area contributed by atoms with E-state index in [1.807, 2.05) is 27.7 Å². The number of hydrogen-bond donors (Lipinski definition) is 1. The maximum absolute atomic E-state index is 15.0. The van der Waals surface area contributed by atoms with Crippen LogP contribution in [-0.4, -0.2) is 36.0 Å². The van der Waals surface area contributed by atoms with Crippen molar-refractivity contribution in [1.82, 2.24) is 0 Å². The Morgan fingerprint density at radius 3 is 2.53 bits per heavy atom. The summed E-state index contributed by atoms with van der Waals surface area (Å²) in [6.07, 6.45) is 0.283. The molecule has 2 heterocycles.